The summed E-state index contributed by atoms with van der Waals surface area (Å²) in [6.07, 6.45) is -0.262. The Morgan fingerprint density at radius 3 is 1.98 bits per heavy atom. The lowest BCUT2D eigenvalue weighted by molar-refractivity contribution is 0.0240. The van der Waals surface area contributed by atoms with Gasteiger partial charge in [-0.1, -0.05) is 64.1 Å². The molecule has 1 N–H and O–H groups in total. The fourth-order valence-corrected chi connectivity index (χ4v) is 5.03. The van der Waals surface area contributed by atoms with E-state index in [-0.39, 0.29) is 17.9 Å². The highest BCUT2D eigenvalue weighted by molar-refractivity contribution is 6.09. The van der Waals surface area contributed by atoms with Gasteiger partial charge in [0.2, 0.25) is 0 Å². The molecule has 0 unspecified atom stereocenters. The number of rotatable bonds is 6. The Kier molecular flexibility index (Phi) is 8.87. The molecule has 3 aromatic rings. The van der Waals surface area contributed by atoms with E-state index < -0.39 is 5.60 Å². The molecule has 0 saturated carbocycles. The molecule has 1 aliphatic heterocycles. The second-order valence-electron chi connectivity index (χ2n) is 12.2. The van der Waals surface area contributed by atoms with Crippen LogP contribution in [-0.4, -0.2) is 48.7 Å². The maximum atomic E-state index is 13.6. The maximum absolute atomic E-state index is 13.6. The number of hydrogen-bond acceptors (Lipinski definition) is 4. The lowest BCUT2D eigenvalue weighted by Crippen LogP contribution is -2.50. The first-order chi connectivity index (χ1) is 18.9. The van der Waals surface area contributed by atoms with Gasteiger partial charge in [0.1, 0.15) is 5.60 Å². The zero-order valence-electron chi connectivity index (χ0n) is 25.0. The standard InChI is InChI=1S/C34H43N3O3/c1-23(2)25-11-13-26(14-12-25)31-29(24(3)4)9-8-10-30(31)32(38)35-27-15-17-28(18-16-27)36-19-21-37(22-20-36)33(39)40-34(5,6)7/h8-18,23-24H,19-22H2,1-7H3,(H,35,38). The van der Waals surface area contributed by atoms with Crippen LogP contribution in [-0.2, 0) is 4.74 Å². The Balaban J connectivity index is 1.47. The average Bonchev–Trinajstić information content (AvgIpc) is 2.92. The first kappa shape index (κ1) is 29.2. The van der Waals surface area contributed by atoms with Crippen molar-refractivity contribution in [2.24, 2.45) is 0 Å². The Hall–Kier alpha value is -3.80. The molecule has 212 valence electrons. The normalized spacial score (nSPS) is 14.0. The summed E-state index contributed by atoms with van der Waals surface area (Å²) < 4.78 is 5.51. The van der Waals surface area contributed by atoms with Crippen molar-refractivity contribution < 1.29 is 14.3 Å². The molecular formula is C34H43N3O3. The summed E-state index contributed by atoms with van der Waals surface area (Å²) in [6.45, 7) is 17.0. The topological polar surface area (TPSA) is 61.9 Å². The van der Waals surface area contributed by atoms with Crippen molar-refractivity contribution in [3.8, 4) is 11.1 Å². The largest absolute Gasteiger partial charge is 0.444 e. The number of carbonyl (C=O) groups excluding carboxylic acids is 2. The van der Waals surface area contributed by atoms with Crippen LogP contribution in [0.2, 0.25) is 0 Å². The molecule has 1 heterocycles. The molecule has 0 aliphatic carbocycles. The van der Waals surface area contributed by atoms with Gasteiger partial charge in [-0.2, -0.15) is 0 Å². The first-order valence-electron chi connectivity index (χ1n) is 14.3. The summed E-state index contributed by atoms with van der Waals surface area (Å²) in [5.41, 5.74) is 6.47. The Labute approximate surface area is 239 Å². The lowest BCUT2D eigenvalue weighted by atomic mass is 9.87. The van der Waals surface area contributed by atoms with Crippen LogP contribution in [0, 0.1) is 0 Å². The quantitative estimate of drug-likeness (QED) is 0.344. The van der Waals surface area contributed by atoms with Crippen molar-refractivity contribution >= 4 is 23.4 Å². The van der Waals surface area contributed by atoms with Crippen molar-refractivity contribution in [2.75, 3.05) is 36.4 Å². The summed E-state index contributed by atoms with van der Waals surface area (Å²) >= 11 is 0. The van der Waals surface area contributed by atoms with Gasteiger partial charge in [-0.25, -0.2) is 4.79 Å². The SMILES string of the molecule is CC(C)c1ccc(-c2c(C(=O)Nc3ccc(N4CCN(C(=O)OC(C)(C)C)CC4)cc3)cccc2C(C)C)cc1. The third-order valence-corrected chi connectivity index (χ3v) is 7.25. The Bertz CT molecular complexity index is 1310. The van der Waals surface area contributed by atoms with Crippen LogP contribution in [0.25, 0.3) is 11.1 Å². The summed E-state index contributed by atoms with van der Waals surface area (Å²) in [7, 11) is 0. The van der Waals surface area contributed by atoms with E-state index in [1.807, 2.05) is 57.2 Å². The van der Waals surface area contributed by atoms with Crippen LogP contribution in [0.5, 0.6) is 0 Å². The second-order valence-corrected chi connectivity index (χ2v) is 12.2. The zero-order chi connectivity index (χ0) is 29.0. The minimum atomic E-state index is -0.496. The van der Waals surface area contributed by atoms with Crippen molar-refractivity contribution in [3.05, 3.63) is 83.4 Å². The Morgan fingerprint density at radius 2 is 1.43 bits per heavy atom. The molecule has 0 atom stereocenters. The number of piperazine rings is 1. The lowest BCUT2D eigenvalue weighted by Gasteiger charge is -2.36. The first-order valence-corrected chi connectivity index (χ1v) is 14.3. The van der Waals surface area contributed by atoms with Gasteiger partial charge in [0.05, 0.1) is 0 Å². The minimum Gasteiger partial charge on any atom is -0.444 e. The van der Waals surface area contributed by atoms with Crippen molar-refractivity contribution in [1.29, 1.82) is 0 Å². The number of benzene rings is 3. The van der Waals surface area contributed by atoms with Crippen molar-refractivity contribution in [3.63, 3.8) is 0 Å². The smallest absolute Gasteiger partial charge is 0.410 e. The van der Waals surface area contributed by atoms with E-state index in [4.69, 9.17) is 4.74 Å². The van der Waals surface area contributed by atoms with Crippen molar-refractivity contribution in [1.82, 2.24) is 4.90 Å². The van der Waals surface area contributed by atoms with Gasteiger partial charge in [-0.15, -0.1) is 0 Å². The highest BCUT2D eigenvalue weighted by Crippen LogP contribution is 2.34. The average molecular weight is 542 g/mol. The molecule has 1 saturated heterocycles. The number of amides is 2. The molecule has 2 amide bonds. The van der Waals surface area contributed by atoms with Crippen LogP contribution in [0.4, 0.5) is 16.2 Å². The molecule has 0 bridgehead atoms. The number of nitrogens with one attached hydrogen (secondary N) is 1. The molecular weight excluding hydrogens is 498 g/mol. The molecule has 0 radical (unpaired) electrons. The monoisotopic (exact) mass is 541 g/mol. The molecule has 0 spiro atoms. The number of nitrogens with zero attached hydrogens (tertiary/aromatic N) is 2. The predicted molar refractivity (Wildman–Crippen MR) is 164 cm³/mol. The maximum Gasteiger partial charge on any atom is 0.410 e. The number of hydrogen-bond donors (Lipinski definition) is 1. The second kappa shape index (κ2) is 12.2. The molecule has 3 aromatic carbocycles. The van der Waals surface area contributed by atoms with Gasteiger partial charge in [0.15, 0.2) is 0 Å². The summed E-state index contributed by atoms with van der Waals surface area (Å²) in [5, 5.41) is 3.11. The fourth-order valence-electron chi connectivity index (χ4n) is 5.03. The molecule has 1 fully saturated rings. The molecule has 4 rings (SSSR count). The number of anilines is 2. The van der Waals surface area contributed by atoms with E-state index in [1.54, 1.807) is 4.90 Å². The molecule has 6 heteroatoms. The van der Waals surface area contributed by atoms with Gasteiger partial charge < -0.3 is 19.9 Å². The van der Waals surface area contributed by atoms with E-state index in [9.17, 15) is 9.59 Å². The molecule has 1 aliphatic rings. The van der Waals surface area contributed by atoms with Gasteiger partial charge in [0, 0.05) is 43.1 Å². The molecule has 40 heavy (non-hydrogen) atoms. The molecule has 6 nitrogen and oxygen atoms in total. The van der Waals surface area contributed by atoms with E-state index in [0.717, 1.165) is 41.2 Å². The Morgan fingerprint density at radius 1 is 0.800 bits per heavy atom. The van der Waals surface area contributed by atoms with Crippen LogP contribution in [0.15, 0.2) is 66.7 Å². The third-order valence-electron chi connectivity index (χ3n) is 7.25. The third kappa shape index (κ3) is 7.04. The van der Waals surface area contributed by atoms with Crippen LogP contribution in [0.3, 0.4) is 0 Å². The minimum absolute atomic E-state index is 0.121. The summed E-state index contributed by atoms with van der Waals surface area (Å²) in [4.78, 5) is 30.0. The zero-order valence-corrected chi connectivity index (χ0v) is 25.0. The highest BCUT2D eigenvalue weighted by atomic mass is 16.6. The number of ether oxygens (including phenoxy) is 1. The summed E-state index contributed by atoms with van der Waals surface area (Å²) in [6, 6.07) is 22.5. The van der Waals surface area contributed by atoms with E-state index >= 15 is 0 Å². The van der Waals surface area contributed by atoms with Crippen LogP contribution in [0.1, 0.15) is 81.8 Å². The fraction of sp³-hybridized carbons (Fsp3) is 0.412. The van der Waals surface area contributed by atoms with Crippen LogP contribution < -0.4 is 10.2 Å². The summed E-state index contributed by atoms with van der Waals surface area (Å²) in [5.74, 6) is 0.612. The van der Waals surface area contributed by atoms with Gasteiger partial charge in [0.25, 0.3) is 5.91 Å². The number of carbonyl (C=O) groups is 2. The molecule has 0 aromatic heterocycles. The van der Waals surface area contributed by atoms with Crippen LogP contribution >= 0.6 is 0 Å². The van der Waals surface area contributed by atoms with E-state index in [2.05, 4.69) is 68.2 Å². The van der Waals surface area contributed by atoms with Gasteiger partial charge in [-0.05, 0) is 85.2 Å². The van der Waals surface area contributed by atoms with E-state index in [1.165, 1.54) is 5.56 Å². The van der Waals surface area contributed by atoms with E-state index in [0.29, 0.717) is 24.6 Å². The predicted octanol–water partition coefficient (Wildman–Crippen LogP) is 7.91. The van der Waals surface area contributed by atoms with Gasteiger partial charge in [-0.3, -0.25) is 4.79 Å². The van der Waals surface area contributed by atoms with Crippen molar-refractivity contribution in [2.45, 2.75) is 65.9 Å². The highest BCUT2D eigenvalue weighted by Gasteiger charge is 2.26. The van der Waals surface area contributed by atoms with Gasteiger partial charge >= 0.3 is 6.09 Å².